The molecule has 11 aliphatic carbocycles. The number of ether oxygens (including phenoxy) is 4. The molecule has 13 nitrogen and oxygen atoms in total. The molecule has 26 atom stereocenters. The fraction of sp³-hybridized carbons (Fsp3) is 0.712. The highest BCUT2D eigenvalue weighted by Gasteiger charge is 3.02. The first-order chi connectivity index (χ1) is 41.7. The first-order valence-corrected chi connectivity index (χ1v) is 34.2. The second-order valence-corrected chi connectivity index (χ2v) is 32.5. The normalized spacial score (nSPS) is 53.5. The van der Waals surface area contributed by atoms with Crippen molar-refractivity contribution in [1.82, 2.24) is 10.2 Å². The summed E-state index contributed by atoms with van der Waals surface area (Å²) in [5, 5.41) is 41.9. The lowest BCUT2D eigenvalue weighted by Gasteiger charge is -2.75. The molecule has 13 fully saturated rings. The number of esters is 2. The Morgan fingerprint density at radius 2 is 1.83 bits per heavy atom. The second kappa shape index (κ2) is 16.5. The molecule has 86 heavy (non-hydrogen) atoms. The van der Waals surface area contributed by atoms with Crippen LogP contribution < -0.4 is 5.32 Å². The molecule has 8 heterocycles. The van der Waals surface area contributed by atoms with Gasteiger partial charge in [-0.1, -0.05) is 86.2 Å². The van der Waals surface area contributed by atoms with Gasteiger partial charge in [-0.2, -0.15) is 0 Å². The fourth-order valence-electron chi connectivity index (χ4n) is 28.8. The third kappa shape index (κ3) is 5.24. The van der Waals surface area contributed by atoms with Gasteiger partial charge in [-0.25, -0.2) is 4.79 Å². The molecule has 4 N–H and O–H groups in total. The Bertz CT molecular complexity index is 3540. The third-order valence-corrected chi connectivity index (χ3v) is 30.6. The van der Waals surface area contributed by atoms with E-state index in [0.29, 0.717) is 68.6 Å². The van der Waals surface area contributed by atoms with E-state index >= 15 is 14.4 Å². The summed E-state index contributed by atoms with van der Waals surface area (Å²) in [5.74, 6) is 6.43. The summed E-state index contributed by atoms with van der Waals surface area (Å²) >= 11 is 0. The molecule has 20 rings (SSSR count). The van der Waals surface area contributed by atoms with Crippen LogP contribution in [0.5, 0.6) is 0 Å². The maximum atomic E-state index is 17.4. The van der Waals surface area contributed by atoms with Crippen molar-refractivity contribution in [1.29, 1.82) is 0 Å². The maximum absolute atomic E-state index is 17.4. The number of aliphatic hydroxyl groups is 3. The highest BCUT2D eigenvalue weighted by Crippen LogP contribution is 2.95. The number of Topliss-reactive ketones (excluding diaryl/α,β-unsaturated/α-hetero) is 1. The summed E-state index contributed by atoms with van der Waals surface area (Å²) in [6.45, 7) is 5.92. The molecule has 18 aliphatic rings. The van der Waals surface area contributed by atoms with Gasteiger partial charge in [0.25, 0.3) is 0 Å². The van der Waals surface area contributed by atoms with Gasteiger partial charge in [-0.3, -0.25) is 14.9 Å². The monoisotopic (exact) mass is 1160 g/mol. The smallest absolute Gasteiger partial charge is 0.339 e. The van der Waals surface area contributed by atoms with E-state index in [2.05, 4.69) is 96.7 Å². The molecule has 8 spiro atoms. The summed E-state index contributed by atoms with van der Waals surface area (Å²) in [5.41, 5.74) is -6.72. The molecule has 0 amide bonds. The Balaban J connectivity index is 0.845. The summed E-state index contributed by atoms with van der Waals surface area (Å²) < 4.78 is 38.1. The molecular weight excluding hydrogens is 1080 g/mol. The predicted octanol–water partition coefficient (Wildman–Crippen LogP) is 8.46. The van der Waals surface area contributed by atoms with Crippen LogP contribution in [0.4, 0.5) is 0 Å². The largest absolute Gasteiger partial charge is 0.469 e. The molecule has 0 radical (unpaired) electrons. The second-order valence-electron chi connectivity index (χ2n) is 32.5. The van der Waals surface area contributed by atoms with Gasteiger partial charge in [0.1, 0.15) is 35.1 Å². The van der Waals surface area contributed by atoms with Crippen LogP contribution in [0.1, 0.15) is 139 Å². The van der Waals surface area contributed by atoms with E-state index in [9.17, 15) is 15.3 Å². The van der Waals surface area contributed by atoms with Gasteiger partial charge in [-0.05, 0) is 197 Å². The highest BCUT2D eigenvalue weighted by molar-refractivity contribution is 5.96. The zero-order valence-electron chi connectivity index (χ0n) is 50.0. The number of aryl methyl sites for hydroxylation is 1. The Hall–Kier alpha value is -4.55. The van der Waals surface area contributed by atoms with Crippen LogP contribution in [-0.4, -0.2) is 106 Å². The van der Waals surface area contributed by atoms with Crippen LogP contribution in [0, 0.1) is 121 Å². The van der Waals surface area contributed by atoms with Gasteiger partial charge >= 0.3 is 11.9 Å². The number of hydrogen-bond acceptors (Lipinski definition) is 13. The average Bonchev–Trinajstić information content (AvgIpc) is 1.38. The number of nitrogens with one attached hydrogen (secondary N) is 1. The SMILES string of the molecule is C[C@]12C[C@@H]3C[C@@]45[C@H]6CC7=CC[C@]8(C)O[C@@]79[C@]7(COC(=O)[C@]94C=C[C@@H](C6)C54CCCC4)[C@@H]3[C@]3([C@H](O)C(=O)[C@@H]78)[C@@H]4C[C@@H](Cc5ccccc5)CC[C@H]4C#C[C@@H]4CCc5coc(C[C@@H]([C@H]6CC[C@H]7[C@H](C=CN8CNC[C@H]78)C6)[C@H](O)CO)c5[C@@]41OC(=O)[C@H]1O[C@@]132. The molecule has 5 saturated heterocycles. The van der Waals surface area contributed by atoms with E-state index < -0.39 is 97.4 Å². The number of hydrogen-bond donors (Lipinski definition) is 4. The van der Waals surface area contributed by atoms with E-state index in [1.807, 2.05) is 6.26 Å². The minimum Gasteiger partial charge on any atom is -0.469 e. The molecule has 1 aromatic heterocycles. The number of cyclic esters (lactones) is 1. The van der Waals surface area contributed by atoms with E-state index in [1.165, 1.54) is 11.1 Å². The number of nitrogens with zero attached hydrogens (tertiary/aromatic N) is 1. The quantitative estimate of drug-likeness (QED) is 0.0899. The zero-order chi connectivity index (χ0) is 57.7. The van der Waals surface area contributed by atoms with Gasteiger partial charge < -0.3 is 43.6 Å². The minimum absolute atomic E-state index is 0.00270. The van der Waals surface area contributed by atoms with Crippen molar-refractivity contribution in [2.45, 2.75) is 183 Å². The summed E-state index contributed by atoms with van der Waals surface area (Å²) in [4.78, 5) is 52.7. The summed E-state index contributed by atoms with van der Waals surface area (Å²) in [6, 6.07) is 11.2. The van der Waals surface area contributed by atoms with E-state index in [4.69, 9.17) is 23.4 Å². The number of furan rings is 1. The van der Waals surface area contributed by atoms with Crippen LogP contribution in [0.25, 0.3) is 0 Å². The molecule has 13 heteroatoms. The number of ketones is 1. The van der Waals surface area contributed by atoms with Crippen molar-refractivity contribution in [2.24, 2.45) is 109 Å². The first kappa shape index (κ1) is 52.2. The number of allylic oxidation sites excluding steroid dienone is 2. The van der Waals surface area contributed by atoms with Crippen molar-refractivity contribution in [3.05, 3.63) is 95.1 Å². The number of rotatable bonds is 7. The lowest BCUT2D eigenvalue weighted by molar-refractivity contribution is -0.325. The average molecular weight is 1170 g/mol. The summed E-state index contributed by atoms with van der Waals surface area (Å²) in [6.07, 6.45) is 25.5. The van der Waals surface area contributed by atoms with Crippen LogP contribution in [-0.2, 0) is 58.2 Å². The van der Waals surface area contributed by atoms with Gasteiger partial charge in [0, 0.05) is 46.7 Å². The Labute approximate surface area is 504 Å². The van der Waals surface area contributed by atoms with Crippen LogP contribution in [0.3, 0.4) is 0 Å². The topological polar surface area (TPSA) is 181 Å². The van der Waals surface area contributed by atoms with E-state index in [0.717, 1.165) is 101 Å². The molecule has 10 bridgehead atoms. The van der Waals surface area contributed by atoms with Crippen molar-refractivity contribution in [3.63, 3.8) is 0 Å². The van der Waals surface area contributed by atoms with E-state index in [-0.39, 0.29) is 71.8 Å². The van der Waals surface area contributed by atoms with Crippen molar-refractivity contribution < 1.29 is 53.1 Å². The van der Waals surface area contributed by atoms with Crippen LogP contribution in [0.2, 0.25) is 0 Å². The number of carbonyl (C=O) groups excluding carboxylic acids is 3. The lowest BCUT2D eigenvalue weighted by Crippen LogP contribution is -2.85. The molecule has 452 valence electrons. The number of carbonyl (C=O) groups is 3. The number of epoxide rings is 1. The number of benzene rings is 1. The lowest BCUT2D eigenvalue weighted by atomic mass is 9.27. The Morgan fingerprint density at radius 1 is 0.965 bits per heavy atom. The maximum Gasteiger partial charge on any atom is 0.339 e. The molecule has 2 aromatic rings. The molecular formula is C73H84N2O11. The highest BCUT2D eigenvalue weighted by atomic mass is 16.7. The molecule has 1 aromatic carbocycles. The predicted molar refractivity (Wildman–Crippen MR) is 311 cm³/mol. The molecule has 0 unspecified atom stereocenters. The van der Waals surface area contributed by atoms with Crippen LogP contribution in [0.15, 0.2) is 77.1 Å². The Kier molecular flexibility index (Phi) is 10.0. The number of aliphatic hydroxyl groups excluding tert-OH is 3. The molecule has 7 aliphatic heterocycles. The van der Waals surface area contributed by atoms with Gasteiger partial charge in [-0.15, -0.1) is 0 Å². The number of fused-ring (bicyclic) bond motifs is 7. The first-order valence-electron chi connectivity index (χ1n) is 34.2. The standard InChI is InChI=1S/C73H84N2O11/c1-64-23-18-48-30-49-29-47-19-24-68-63(81)83-37-67(72(48,68)86-64)58-45(33-69(49,68)66(47)21-6-7-22-66)32-65(2)71-46(16-13-44-36-82-55(56(44)71)31-51(54(77)35-76)42-14-17-50-43(28-42)20-25-75-38-74-34-53(50)75)15-12-41-11-10-40(26-39-8-4-3-5-9-39)27-52(41)70(58,60(79)57(78)59(64)67)73(65)61(84-73)62(80)85-71/h3-5,8-9,18-20,24-25,36,40-43,45-47,49-54,58-61,74,76-77,79H,6-7,10-11,13-14,16-17,21-23,26-35,37-38H2,1-2H3/t40-,41+,42+,43-,45-,46-,47+,49-,50+,51+,52-,53-,54-,58-,59-,60-,61-,64+,65+,67-,68+,69+,70+,71+,72-,73-/m1/s1. The van der Waals surface area contributed by atoms with E-state index in [1.54, 1.807) is 0 Å². The zero-order valence-corrected chi connectivity index (χ0v) is 50.0. The van der Waals surface area contributed by atoms with Crippen molar-refractivity contribution in [3.8, 4) is 11.8 Å². The summed E-state index contributed by atoms with van der Waals surface area (Å²) in [7, 11) is 0. The van der Waals surface area contributed by atoms with Gasteiger partial charge in [0.2, 0.25) is 0 Å². The van der Waals surface area contributed by atoms with Crippen molar-refractivity contribution >= 4 is 17.7 Å². The third-order valence-electron chi connectivity index (χ3n) is 30.6. The van der Waals surface area contributed by atoms with Crippen LogP contribution >= 0.6 is 0 Å². The van der Waals surface area contributed by atoms with Gasteiger partial charge in [0.05, 0.1) is 48.5 Å². The Morgan fingerprint density at radius 3 is 2.67 bits per heavy atom. The molecule has 8 saturated carbocycles. The van der Waals surface area contributed by atoms with Crippen molar-refractivity contribution in [2.75, 3.05) is 26.4 Å². The fourth-order valence-corrected chi connectivity index (χ4v) is 28.8. The van der Waals surface area contributed by atoms with Gasteiger partial charge in [0.15, 0.2) is 17.5 Å². The minimum atomic E-state index is -1.57.